The van der Waals surface area contributed by atoms with Crippen LogP contribution in [0.15, 0.2) is 100 Å². The molecule has 2 N–H and O–H groups in total. The number of epoxide rings is 2. The van der Waals surface area contributed by atoms with Gasteiger partial charge in [-0.05, 0) is 13.8 Å². The second-order valence-corrected chi connectivity index (χ2v) is 15.1. The van der Waals surface area contributed by atoms with Gasteiger partial charge in [-0.3, -0.25) is 0 Å². The van der Waals surface area contributed by atoms with Crippen molar-refractivity contribution in [2.45, 2.75) is 116 Å². The summed E-state index contributed by atoms with van der Waals surface area (Å²) in [5, 5.41) is 21.9. The number of hydrogen-bond acceptors (Lipinski definition) is 13. The van der Waals surface area contributed by atoms with Gasteiger partial charge in [0.05, 0.1) is 24.7 Å². The smallest absolute Gasteiger partial charge is 0.360 e. The number of nitrogens with zero attached hydrogens (tertiary/aromatic N) is 2. The van der Waals surface area contributed by atoms with E-state index in [0.29, 0.717) is 12.8 Å². The maximum atomic E-state index is 13.4. The first-order valence-electron chi connectivity index (χ1n) is 18.9. The van der Waals surface area contributed by atoms with E-state index in [0.717, 1.165) is 0 Å². The van der Waals surface area contributed by atoms with Gasteiger partial charge < -0.3 is 42.7 Å². The first kappa shape index (κ1) is 42.5. The second-order valence-electron chi connectivity index (χ2n) is 15.1. The molecule has 3 aliphatic heterocycles. The van der Waals surface area contributed by atoms with E-state index >= 15 is 0 Å². The molecule has 302 valence electrons. The highest BCUT2D eigenvalue weighted by molar-refractivity contribution is 5.87. The van der Waals surface area contributed by atoms with Crippen LogP contribution in [0.3, 0.4) is 0 Å². The van der Waals surface area contributed by atoms with E-state index in [-0.39, 0.29) is 54.0 Å². The Morgan fingerprint density at radius 2 is 1.25 bits per heavy atom. The van der Waals surface area contributed by atoms with Crippen LogP contribution in [0.25, 0.3) is 6.08 Å². The largest absolute Gasteiger partial charge is 0.457 e. The van der Waals surface area contributed by atoms with Crippen molar-refractivity contribution >= 4 is 18.0 Å². The topological polar surface area (TPSA) is 179 Å². The summed E-state index contributed by atoms with van der Waals surface area (Å²) in [6, 6.07) is 0. The number of fused-ring (bicyclic) bond motifs is 6. The summed E-state index contributed by atoms with van der Waals surface area (Å²) < 4.78 is 40.3. The van der Waals surface area contributed by atoms with E-state index in [1.165, 1.54) is 12.5 Å². The number of cyclic esters (lactones) is 2. The molecule has 9 atom stereocenters. The molecule has 0 spiro atoms. The molecule has 4 bridgehead atoms. The van der Waals surface area contributed by atoms with Gasteiger partial charge in [-0.1, -0.05) is 107 Å². The zero-order valence-electron chi connectivity index (χ0n) is 33.0. The van der Waals surface area contributed by atoms with E-state index in [1.807, 2.05) is 84.1 Å². The molecule has 5 heterocycles. The van der Waals surface area contributed by atoms with Crippen molar-refractivity contribution in [2.75, 3.05) is 7.11 Å². The molecule has 2 saturated heterocycles. The number of aromatic nitrogens is 2. The predicted octanol–water partition coefficient (Wildman–Crippen LogP) is 6.46. The summed E-state index contributed by atoms with van der Waals surface area (Å²) in [4.78, 5) is 35.3. The van der Waals surface area contributed by atoms with Crippen molar-refractivity contribution in [3.05, 3.63) is 115 Å². The van der Waals surface area contributed by atoms with Gasteiger partial charge in [0, 0.05) is 36.9 Å². The second kappa shape index (κ2) is 19.0. The maximum Gasteiger partial charge on any atom is 0.360 e. The van der Waals surface area contributed by atoms with Gasteiger partial charge in [0.25, 0.3) is 0 Å². The number of oxazole rings is 2. The third-order valence-electron chi connectivity index (χ3n) is 10.2. The van der Waals surface area contributed by atoms with Crippen molar-refractivity contribution in [1.29, 1.82) is 0 Å². The lowest BCUT2D eigenvalue weighted by Crippen LogP contribution is -2.42. The van der Waals surface area contributed by atoms with Crippen LogP contribution in [-0.4, -0.2) is 94.2 Å². The Bertz CT molecular complexity index is 1840. The summed E-state index contributed by atoms with van der Waals surface area (Å²) >= 11 is 0. The molecule has 0 saturated carbocycles. The lowest BCUT2D eigenvalue weighted by atomic mass is 9.79. The molecule has 13 nitrogen and oxygen atoms in total. The van der Waals surface area contributed by atoms with E-state index < -0.39 is 53.3 Å². The Hall–Kier alpha value is -4.66. The van der Waals surface area contributed by atoms with Gasteiger partial charge in [-0.25, -0.2) is 19.6 Å². The van der Waals surface area contributed by atoms with Gasteiger partial charge >= 0.3 is 11.9 Å². The average Bonchev–Trinajstić information content (AvgIpc) is 3.96. The van der Waals surface area contributed by atoms with Crippen molar-refractivity contribution in [2.24, 2.45) is 10.8 Å². The molecule has 0 radical (unpaired) electrons. The molecule has 5 rings (SSSR count). The molecule has 0 aliphatic carbocycles. The minimum Gasteiger partial charge on any atom is -0.457 e. The quantitative estimate of drug-likeness (QED) is 0.178. The third-order valence-corrected chi connectivity index (χ3v) is 10.2. The Balaban J connectivity index is 1.37. The molecular formula is C43H54N2O11. The molecule has 2 aromatic heterocycles. The Morgan fingerprint density at radius 3 is 1.80 bits per heavy atom. The first-order valence-corrected chi connectivity index (χ1v) is 18.9. The summed E-state index contributed by atoms with van der Waals surface area (Å²) in [5.74, 6) is -0.844. The highest BCUT2D eigenvalue weighted by Crippen LogP contribution is 2.35. The fraction of sp³-hybridized carbons (Fsp3) is 0.488. The molecule has 5 unspecified atom stereocenters. The number of methoxy groups -OCH3 is 1. The number of carbonyl (C=O) groups is 2. The lowest BCUT2D eigenvalue weighted by Gasteiger charge is -2.36. The Labute approximate surface area is 328 Å². The number of esters is 2. The Kier molecular flexibility index (Phi) is 14.4. The third kappa shape index (κ3) is 11.2. The van der Waals surface area contributed by atoms with Gasteiger partial charge in [0.1, 0.15) is 49.2 Å². The Morgan fingerprint density at radius 1 is 0.732 bits per heavy atom. The molecule has 3 aliphatic rings. The molecule has 56 heavy (non-hydrogen) atoms. The van der Waals surface area contributed by atoms with Crippen LogP contribution in [0.4, 0.5) is 0 Å². The highest BCUT2D eigenvalue weighted by atomic mass is 16.6. The number of ether oxygens (including phenoxy) is 5. The van der Waals surface area contributed by atoms with Crippen LogP contribution in [0.2, 0.25) is 0 Å². The number of carbonyl (C=O) groups excluding carboxylic acids is 2. The molecule has 2 fully saturated rings. The van der Waals surface area contributed by atoms with Crippen LogP contribution in [0.5, 0.6) is 0 Å². The van der Waals surface area contributed by atoms with Gasteiger partial charge in [0.2, 0.25) is 5.89 Å². The summed E-state index contributed by atoms with van der Waals surface area (Å²) in [5.41, 5.74) is -1.68. The van der Waals surface area contributed by atoms with E-state index in [1.54, 1.807) is 49.6 Å². The first-order chi connectivity index (χ1) is 26.8. The summed E-state index contributed by atoms with van der Waals surface area (Å²) in [7, 11) is 1.56. The van der Waals surface area contributed by atoms with Crippen LogP contribution >= 0.6 is 0 Å². The fourth-order valence-corrected chi connectivity index (χ4v) is 6.10. The van der Waals surface area contributed by atoms with Crippen LogP contribution in [0.1, 0.15) is 87.1 Å². The minimum atomic E-state index is -0.884. The number of aliphatic hydroxyl groups is 2. The van der Waals surface area contributed by atoms with Crippen LogP contribution in [-0.2, 0) is 30.1 Å². The van der Waals surface area contributed by atoms with Gasteiger partial charge in [-0.2, -0.15) is 0 Å². The minimum absolute atomic E-state index is 0.00381. The maximum absolute atomic E-state index is 13.4. The SMILES string of the molecule is C/C=C/C(O)C(C)(C)C1C/C=C\[C@@H]2O[C@@H]2/C=C/C(OC)Cc2nc(co2)C(=O)OC(C(C)(C)C(O)/C=C/C)C/C=C\[C@@H]2O[C@H]2/C=C/C=C/c2nc(co2)C(=O)O1. The van der Waals surface area contributed by atoms with Gasteiger partial charge in [-0.15, -0.1) is 0 Å². The number of allylic oxidation sites excluding steroid dienone is 4. The normalized spacial score (nSPS) is 30.9. The van der Waals surface area contributed by atoms with Crippen molar-refractivity contribution in [1.82, 2.24) is 9.97 Å². The average molecular weight is 775 g/mol. The standard InChI is InChI=1S/C43H54N2O11/c1-8-14-34(46)42(3,4)36-20-13-18-32-33(54-32)23-22-27(50-7)24-39-45-29(26-52-39)41(49)56-37(43(5,6)35(47)15-9-2)19-12-17-31-30(53-31)16-10-11-21-38-44-28(25-51-38)40(48)55-36/h8-18,21-23,25-27,30-37,46-47H,19-20,24H2,1-7H3/b14-8+,15-9+,16-10+,17-12-,18-13-,21-11+,23-22+/t27?,30-,31-,32-,33+,34?,35?,36?,37?/m0/s1. The zero-order valence-corrected chi connectivity index (χ0v) is 33.0. The van der Waals surface area contributed by atoms with E-state index in [4.69, 9.17) is 32.5 Å². The number of aliphatic hydroxyl groups excluding tert-OH is 2. The van der Waals surface area contributed by atoms with Crippen LogP contribution < -0.4 is 0 Å². The highest BCUT2D eigenvalue weighted by Gasteiger charge is 2.41. The number of hydrogen-bond donors (Lipinski definition) is 2. The number of rotatable bonds is 7. The zero-order chi connectivity index (χ0) is 40.5. The lowest BCUT2D eigenvalue weighted by molar-refractivity contribution is -0.0461. The van der Waals surface area contributed by atoms with Gasteiger partial charge in [0.15, 0.2) is 17.3 Å². The molecule has 0 aromatic carbocycles. The molecule has 0 amide bonds. The van der Waals surface area contributed by atoms with Crippen LogP contribution in [0, 0.1) is 10.8 Å². The van der Waals surface area contributed by atoms with Crippen molar-refractivity contribution < 1.29 is 52.3 Å². The molecular weight excluding hydrogens is 720 g/mol. The monoisotopic (exact) mass is 774 g/mol. The molecule has 2 aromatic rings. The van der Waals surface area contributed by atoms with E-state index in [2.05, 4.69) is 9.97 Å². The fourth-order valence-electron chi connectivity index (χ4n) is 6.10. The van der Waals surface area contributed by atoms with Crippen molar-refractivity contribution in [3.8, 4) is 0 Å². The summed E-state index contributed by atoms with van der Waals surface area (Å²) in [6.07, 6.45) is 24.1. The summed E-state index contributed by atoms with van der Waals surface area (Å²) in [6.45, 7) is 11.0. The predicted molar refractivity (Wildman–Crippen MR) is 207 cm³/mol. The molecule has 13 heteroatoms. The van der Waals surface area contributed by atoms with Crippen molar-refractivity contribution in [3.63, 3.8) is 0 Å². The van der Waals surface area contributed by atoms with E-state index in [9.17, 15) is 19.8 Å².